The minimum atomic E-state index is -0.293. The van der Waals surface area contributed by atoms with E-state index in [-0.39, 0.29) is 11.7 Å². The molecule has 2 aromatic heterocycles. The zero-order valence-electron chi connectivity index (χ0n) is 18.3. The van der Waals surface area contributed by atoms with E-state index in [1.165, 1.54) is 37.6 Å². The Balaban J connectivity index is 1.26. The molecule has 0 aliphatic carbocycles. The average molecular weight is 441 g/mol. The Morgan fingerprint density at radius 3 is 2.52 bits per heavy atom. The van der Waals surface area contributed by atoms with Gasteiger partial charge in [0, 0.05) is 29.4 Å². The number of piperidine rings is 1. The van der Waals surface area contributed by atoms with Crippen LogP contribution in [0.25, 0.3) is 22.2 Å². The number of fused-ring (bicyclic) bond motifs is 1. The first-order valence-electron chi connectivity index (χ1n) is 11.3. The van der Waals surface area contributed by atoms with Gasteiger partial charge >= 0.3 is 0 Å². The Morgan fingerprint density at radius 1 is 0.939 bits per heavy atom. The second-order valence-corrected chi connectivity index (χ2v) is 8.44. The summed E-state index contributed by atoms with van der Waals surface area (Å²) < 4.78 is 13.1. The van der Waals surface area contributed by atoms with Crippen molar-refractivity contribution in [2.24, 2.45) is 0 Å². The molecular formula is C27H25FN4O. The number of anilines is 1. The van der Waals surface area contributed by atoms with Crippen LogP contribution in [0.1, 0.15) is 35.3 Å². The molecule has 3 heterocycles. The number of aromatic nitrogens is 2. The number of carbonyl (C=O) groups is 1. The quantitative estimate of drug-likeness (QED) is 0.434. The van der Waals surface area contributed by atoms with Gasteiger partial charge < -0.3 is 5.32 Å². The van der Waals surface area contributed by atoms with E-state index >= 15 is 0 Å². The number of likely N-dealkylation sites (tertiary alicyclic amines) is 1. The molecule has 1 N–H and O–H groups in total. The third kappa shape index (κ3) is 5.07. The second kappa shape index (κ2) is 9.46. The molecule has 6 heteroatoms. The van der Waals surface area contributed by atoms with Gasteiger partial charge in [-0.05, 0) is 86.6 Å². The fourth-order valence-electron chi connectivity index (χ4n) is 4.20. The number of hydrogen-bond acceptors (Lipinski definition) is 4. The van der Waals surface area contributed by atoms with Gasteiger partial charge in [-0.3, -0.25) is 19.7 Å². The Kier molecular flexibility index (Phi) is 6.09. The molecule has 0 radical (unpaired) electrons. The van der Waals surface area contributed by atoms with Crippen molar-refractivity contribution in [3.8, 4) is 11.3 Å². The van der Waals surface area contributed by atoms with Gasteiger partial charge in [-0.25, -0.2) is 4.39 Å². The van der Waals surface area contributed by atoms with Crippen LogP contribution in [0.4, 0.5) is 10.1 Å². The fraction of sp³-hybridized carbons (Fsp3) is 0.222. The van der Waals surface area contributed by atoms with Crippen LogP contribution >= 0.6 is 0 Å². The summed E-state index contributed by atoms with van der Waals surface area (Å²) >= 11 is 0. The summed E-state index contributed by atoms with van der Waals surface area (Å²) in [6, 6.07) is 19.5. The fourth-order valence-corrected chi connectivity index (χ4v) is 4.20. The first-order valence-corrected chi connectivity index (χ1v) is 11.3. The van der Waals surface area contributed by atoms with Crippen molar-refractivity contribution in [3.05, 3.63) is 90.0 Å². The van der Waals surface area contributed by atoms with E-state index in [4.69, 9.17) is 4.98 Å². The molecule has 4 aromatic rings. The molecule has 2 aromatic carbocycles. The highest BCUT2D eigenvalue weighted by Gasteiger charge is 2.12. The first kappa shape index (κ1) is 21.2. The topological polar surface area (TPSA) is 58.1 Å². The minimum Gasteiger partial charge on any atom is -0.322 e. The number of rotatable bonds is 5. The predicted molar refractivity (Wildman–Crippen MR) is 128 cm³/mol. The molecule has 1 amide bonds. The van der Waals surface area contributed by atoms with Crippen LogP contribution in [-0.2, 0) is 6.54 Å². The predicted octanol–water partition coefficient (Wildman–Crippen LogP) is 5.67. The van der Waals surface area contributed by atoms with E-state index in [2.05, 4.69) is 27.3 Å². The molecule has 5 rings (SSSR count). The van der Waals surface area contributed by atoms with Crippen LogP contribution in [-0.4, -0.2) is 33.9 Å². The molecule has 0 unspecified atom stereocenters. The molecule has 1 aliphatic rings. The summed E-state index contributed by atoms with van der Waals surface area (Å²) in [6.07, 6.45) is 5.39. The van der Waals surface area contributed by atoms with Crippen molar-refractivity contribution in [1.29, 1.82) is 0 Å². The number of hydrogen-bond donors (Lipinski definition) is 1. The largest absolute Gasteiger partial charge is 0.322 e. The van der Waals surface area contributed by atoms with E-state index < -0.39 is 0 Å². The molecule has 166 valence electrons. The lowest BCUT2D eigenvalue weighted by Gasteiger charge is -2.26. The summed E-state index contributed by atoms with van der Waals surface area (Å²) in [7, 11) is 0. The molecule has 0 spiro atoms. The number of amides is 1. The van der Waals surface area contributed by atoms with E-state index in [0.29, 0.717) is 16.9 Å². The zero-order chi connectivity index (χ0) is 22.6. The maximum absolute atomic E-state index is 13.1. The molecule has 5 nitrogen and oxygen atoms in total. The highest BCUT2D eigenvalue weighted by atomic mass is 19.1. The molecule has 0 saturated carbocycles. The van der Waals surface area contributed by atoms with Crippen molar-refractivity contribution in [2.45, 2.75) is 25.8 Å². The maximum Gasteiger partial charge on any atom is 0.257 e. The van der Waals surface area contributed by atoms with Crippen molar-refractivity contribution >= 4 is 22.5 Å². The smallest absolute Gasteiger partial charge is 0.257 e. The summed E-state index contributed by atoms with van der Waals surface area (Å²) in [4.78, 5) is 24.3. The molecule has 1 aliphatic heterocycles. The highest BCUT2D eigenvalue weighted by molar-refractivity contribution is 6.05. The number of carbonyl (C=O) groups excluding carboxylic acids is 1. The Bertz CT molecular complexity index is 1270. The van der Waals surface area contributed by atoms with Gasteiger partial charge in [-0.15, -0.1) is 0 Å². The van der Waals surface area contributed by atoms with Crippen LogP contribution in [0.3, 0.4) is 0 Å². The number of nitrogens with zero attached hydrogens (tertiary/aromatic N) is 3. The maximum atomic E-state index is 13.1. The van der Waals surface area contributed by atoms with Gasteiger partial charge in [0.2, 0.25) is 0 Å². The number of pyridine rings is 2. The van der Waals surface area contributed by atoms with Crippen molar-refractivity contribution in [2.75, 3.05) is 18.4 Å². The zero-order valence-corrected chi connectivity index (χ0v) is 18.3. The molecule has 33 heavy (non-hydrogen) atoms. The van der Waals surface area contributed by atoms with Gasteiger partial charge in [-0.2, -0.15) is 0 Å². The number of benzene rings is 2. The lowest BCUT2D eigenvalue weighted by atomic mass is 10.1. The van der Waals surface area contributed by atoms with Gasteiger partial charge in [0.05, 0.1) is 22.5 Å². The normalized spacial score (nSPS) is 14.3. The van der Waals surface area contributed by atoms with Gasteiger partial charge in [0.15, 0.2) is 0 Å². The van der Waals surface area contributed by atoms with Gasteiger partial charge in [-0.1, -0.05) is 12.5 Å². The van der Waals surface area contributed by atoms with Gasteiger partial charge in [0.25, 0.3) is 5.91 Å². The Labute approximate surface area is 192 Å². The summed E-state index contributed by atoms with van der Waals surface area (Å²) in [5.74, 6) is -0.527. The average Bonchev–Trinajstić information content (AvgIpc) is 2.85. The lowest BCUT2D eigenvalue weighted by molar-refractivity contribution is 0.102. The van der Waals surface area contributed by atoms with Crippen LogP contribution in [0.5, 0.6) is 0 Å². The van der Waals surface area contributed by atoms with Crippen molar-refractivity contribution in [3.63, 3.8) is 0 Å². The third-order valence-corrected chi connectivity index (χ3v) is 6.00. The van der Waals surface area contributed by atoms with Crippen LogP contribution in [0.2, 0.25) is 0 Å². The lowest BCUT2D eigenvalue weighted by Crippen LogP contribution is -2.29. The standard InChI is InChI=1S/C27H25FN4O/c28-22-8-4-19(5-9-22)25-12-7-21(17-29-25)27(33)31-23-11-13-26-20(16-23)6-10-24(30-26)18-32-14-2-1-3-15-32/h4-13,16-17H,1-3,14-15,18H2,(H,31,33). The summed E-state index contributed by atoms with van der Waals surface area (Å²) in [5, 5.41) is 3.92. The number of nitrogens with one attached hydrogen (secondary N) is 1. The molecule has 0 atom stereocenters. The first-order chi connectivity index (χ1) is 16.1. The Morgan fingerprint density at radius 2 is 1.76 bits per heavy atom. The molecular weight excluding hydrogens is 415 g/mol. The van der Waals surface area contributed by atoms with Gasteiger partial charge in [0.1, 0.15) is 5.82 Å². The van der Waals surface area contributed by atoms with Crippen molar-refractivity contribution in [1.82, 2.24) is 14.9 Å². The third-order valence-electron chi connectivity index (χ3n) is 6.00. The molecule has 0 bridgehead atoms. The summed E-state index contributed by atoms with van der Waals surface area (Å²) in [6.45, 7) is 3.17. The molecule has 1 saturated heterocycles. The van der Waals surface area contributed by atoms with Crippen LogP contribution in [0.15, 0.2) is 72.9 Å². The van der Waals surface area contributed by atoms with E-state index in [1.54, 1.807) is 24.3 Å². The van der Waals surface area contributed by atoms with Crippen LogP contribution < -0.4 is 5.32 Å². The van der Waals surface area contributed by atoms with E-state index in [9.17, 15) is 9.18 Å². The van der Waals surface area contributed by atoms with Crippen LogP contribution in [0, 0.1) is 5.82 Å². The van der Waals surface area contributed by atoms with Crippen molar-refractivity contribution < 1.29 is 9.18 Å². The summed E-state index contributed by atoms with van der Waals surface area (Å²) in [5.41, 5.74) is 4.65. The molecule has 1 fully saturated rings. The Hall–Kier alpha value is -3.64. The van der Waals surface area contributed by atoms with E-state index in [0.717, 1.165) is 41.8 Å². The highest BCUT2D eigenvalue weighted by Crippen LogP contribution is 2.21. The SMILES string of the molecule is O=C(Nc1ccc2nc(CN3CCCCC3)ccc2c1)c1ccc(-c2ccc(F)cc2)nc1. The van der Waals surface area contributed by atoms with E-state index in [1.807, 2.05) is 18.2 Å². The second-order valence-electron chi connectivity index (χ2n) is 8.44. The number of halogens is 1. The monoisotopic (exact) mass is 440 g/mol. The minimum absolute atomic E-state index is 0.234.